The van der Waals surface area contributed by atoms with E-state index in [-0.39, 0.29) is 24.7 Å². The average Bonchev–Trinajstić information content (AvgIpc) is 3.24. The Labute approximate surface area is 182 Å². The summed E-state index contributed by atoms with van der Waals surface area (Å²) in [5.41, 5.74) is 2.11. The molecule has 1 aromatic heterocycles. The molecule has 0 bridgehead atoms. The highest BCUT2D eigenvalue weighted by Crippen LogP contribution is 2.36. The first-order valence-corrected chi connectivity index (χ1v) is 10.5. The lowest BCUT2D eigenvalue weighted by molar-refractivity contribution is -0.123. The number of hydrogen-bond acceptors (Lipinski definition) is 6. The van der Waals surface area contributed by atoms with Crippen molar-refractivity contribution in [1.82, 2.24) is 4.98 Å². The minimum absolute atomic E-state index is 0.0632. The average molecular weight is 441 g/mol. The number of methoxy groups -OCH3 is 1. The number of fused-ring (bicyclic) bond motifs is 1. The number of nitrogens with zero attached hydrogens (tertiary/aromatic N) is 2. The summed E-state index contributed by atoms with van der Waals surface area (Å²) in [6.45, 7) is 0.157. The zero-order valence-electron chi connectivity index (χ0n) is 16.8. The highest BCUT2D eigenvalue weighted by molar-refractivity contribution is 7.09. The summed E-state index contributed by atoms with van der Waals surface area (Å²) < 4.78 is 24.4. The van der Waals surface area contributed by atoms with Crippen LogP contribution in [0.2, 0.25) is 0 Å². The van der Waals surface area contributed by atoms with Crippen LogP contribution in [0.1, 0.15) is 5.01 Å². The second-order valence-electron chi connectivity index (χ2n) is 6.85. The van der Waals surface area contributed by atoms with E-state index in [4.69, 9.17) is 9.47 Å². The van der Waals surface area contributed by atoms with E-state index in [2.05, 4.69) is 10.3 Å². The molecule has 160 valence electrons. The number of carbonyl (C=O) groups is 2. The molecule has 3 aromatic rings. The highest BCUT2D eigenvalue weighted by Gasteiger charge is 2.28. The fourth-order valence-electron chi connectivity index (χ4n) is 3.18. The molecule has 2 aromatic carbocycles. The Hall–Kier alpha value is -3.30. The van der Waals surface area contributed by atoms with Crippen LogP contribution in [0.25, 0.3) is 11.3 Å². The van der Waals surface area contributed by atoms with Gasteiger partial charge in [-0.05, 0) is 30.3 Å². The van der Waals surface area contributed by atoms with Crippen molar-refractivity contribution in [3.05, 3.63) is 58.7 Å². The molecule has 0 unspecified atom stereocenters. The summed E-state index contributed by atoms with van der Waals surface area (Å²) >= 11 is 1.53. The van der Waals surface area contributed by atoms with Gasteiger partial charge in [-0.1, -0.05) is 12.1 Å². The lowest BCUT2D eigenvalue weighted by Gasteiger charge is -2.29. The van der Waals surface area contributed by atoms with Crippen molar-refractivity contribution in [2.24, 2.45) is 0 Å². The second-order valence-corrected chi connectivity index (χ2v) is 7.79. The lowest BCUT2D eigenvalue weighted by Crippen LogP contribution is -2.43. The van der Waals surface area contributed by atoms with Crippen molar-refractivity contribution in [2.75, 3.05) is 37.1 Å². The molecule has 0 aliphatic carbocycles. The Kier molecular flexibility index (Phi) is 6.24. The molecule has 9 heteroatoms. The van der Waals surface area contributed by atoms with E-state index in [1.807, 2.05) is 11.4 Å². The van der Waals surface area contributed by atoms with Gasteiger partial charge in [0.2, 0.25) is 5.91 Å². The van der Waals surface area contributed by atoms with E-state index in [1.165, 1.54) is 34.4 Å². The summed E-state index contributed by atoms with van der Waals surface area (Å²) in [6.07, 6.45) is 0.718. The number of rotatable bonds is 7. The van der Waals surface area contributed by atoms with E-state index in [0.29, 0.717) is 18.0 Å². The number of thiazole rings is 1. The van der Waals surface area contributed by atoms with E-state index < -0.39 is 11.7 Å². The molecule has 2 heterocycles. The van der Waals surface area contributed by atoms with Gasteiger partial charge in [0.1, 0.15) is 18.1 Å². The molecule has 4 rings (SSSR count). The van der Waals surface area contributed by atoms with Crippen molar-refractivity contribution in [1.29, 1.82) is 0 Å². The number of hydrogen-bond donors (Lipinski definition) is 1. The molecular weight excluding hydrogens is 421 g/mol. The maximum Gasteiger partial charge on any atom is 0.265 e. The van der Waals surface area contributed by atoms with Crippen LogP contribution in [0.4, 0.5) is 15.8 Å². The molecule has 0 atom stereocenters. The minimum atomic E-state index is -0.542. The Morgan fingerprint density at radius 3 is 2.97 bits per heavy atom. The molecule has 0 spiro atoms. The van der Waals surface area contributed by atoms with Crippen LogP contribution in [0.15, 0.2) is 47.8 Å². The number of ether oxygens (including phenoxy) is 2. The molecule has 1 N–H and O–H groups in total. The largest absolute Gasteiger partial charge is 0.482 e. The molecule has 2 amide bonds. The zero-order chi connectivity index (χ0) is 21.8. The van der Waals surface area contributed by atoms with Crippen LogP contribution >= 0.6 is 11.3 Å². The lowest BCUT2D eigenvalue weighted by atomic mass is 10.1. The van der Waals surface area contributed by atoms with E-state index >= 15 is 0 Å². The smallest absolute Gasteiger partial charge is 0.265 e. The molecule has 0 fully saturated rings. The van der Waals surface area contributed by atoms with Crippen LogP contribution < -0.4 is 15.0 Å². The molecule has 1 aliphatic rings. The van der Waals surface area contributed by atoms with Crippen molar-refractivity contribution in [3.8, 4) is 17.0 Å². The van der Waals surface area contributed by atoms with Gasteiger partial charge in [0, 0.05) is 24.5 Å². The molecule has 0 saturated carbocycles. The van der Waals surface area contributed by atoms with Crippen molar-refractivity contribution in [2.45, 2.75) is 6.42 Å². The molecule has 1 aliphatic heterocycles. The first kappa shape index (κ1) is 21.0. The Morgan fingerprint density at radius 1 is 1.32 bits per heavy atom. The molecule has 7 nitrogen and oxygen atoms in total. The predicted octanol–water partition coefficient (Wildman–Crippen LogP) is 3.50. The number of halogens is 1. The van der Waals surface area contributed by atoms with Gasteiger partial charge < -0.3 is 14.8 Å². The third kappa shape index (κ3) is 4.73. The highest BCUT2D eigenvalue weighted by atomic mass is 32.1. The van der Waals surface area contributed by atoms with Gasteiger partial charge in [0.15, 0.2) is 6.61 Å². The first-order chi connectivity index (χ1) is 15.0. The molecule has 31 heavy (non-hydrogen) atoms. The summed E-state index contributed by atoms with van der Waals surface area (Å²) in [6, 6.07) is 11.3. The number of anilines is 2. The van der Waals surface area contributed by atoms with Crippen LogP contribution in [0, 0.1) is 5.82 Å². The number of amides is 2. The summed E-state index contributed by atoms with van der Waals surface area (Å²) in [7, 11) is 1.64. The van der Waals surface area contributed by atoms with Crippen LogP contribution in [-0.4, -0.2) is 43.7 Å². The van der Waals surface area contributed by atoms with E-state index in [9.17, 15) is 14.0 Å². The third-order valence-corrected chi connectivity index (χ3v) is 5.63. The topological polar surface area (TPSA) is 80.8 Å². The van der Waals surface area contributed by atoms with E-state index in [1.54, 1.807) is 25.3 Å². The van der Waals surface area contributed by atoms with Gasteiger partial charge in [-0.25, -0.2) is 9.37 Å². The van der Waals surface area contributed by atoms with Crippen LogP contribution in [0.3, 0.4) is 0 Å². The Balaban J connectivity index is 1.56. The fraction of sp³-hybridized carbons (Fsp3) is 0.227. The van der Waals surface area contributed by atoms with Gasteiger partial charge >= 0.3 is 0 Å². The van der Waals surface area contributed by atoms with Gasteiger partial charge in [-0.2, -0.15) is 0 Å². The zero-order valence-corrected chi connectivity index (χ0v) is 17.6. The van der Waals surface area contributed by atoms with Crippen LogP contribution in [-0.2, 0) is 20.7 Å². The maximum absolute atomic E-state index is 13.8. The standard InChI is InChI=1S/C22H20FN3O4S/c1-29-9-8-21-25-17(13-31-21)14-6-7-19-18(10-14)26(22(28)12-30-19)11-20(27)24-16-5-3-2-4-15(16)23/h2-7,10,13H,8-9,11-12H2,1H3,(H,24,27). The van der Waals surface area contributed by atoms with E-state index in [0.717, 1.165) is 22.7 Å². The van der Waals surface area contributed by atoms with Crippen LogP contribution in [0.5, 0.6) is 5.75 Å². The Morgan fingerprint density at radius 2 is 2.16 bits per heavy atom. The number of nitrogens with one attached hydrogen (secondary N) is 1. The molecule has 0 saturated heterocycles. The number of aromatic nitrogens is 1. The second kappa shape index (κ2) is 9.23. The Bertz CT molecular complexity index is 1120. The molecule has 0 radical (unpaired) electrons. The quantitative estimate of drug-likeness (QED) is 0.607. The molecular formula is C22H20FN3O4S. The summed E-state index contributed by atoms with van der Waals surface area (Å²) in [4.78, 5) is 31.0. The van der Waals surface area contributed by atoms with Crippen molar-refractivity contribution in [3.63, 3.8) is 0 Å². The SMILES string of the molecule is COCCc1nc(-c2ccc3c(c2)N(CC(=O)Nc2ccccc2F)C(=O)CO3)cs1. The first-order valence-electron chi connectivity index (χ1n) is 9.60. The van der Waals surface area contributed by atoms with Gasteiger partial charge in [-0.15, -0.1) is 11.3 Å². The summed E-state index contributed by atoms with van der Waals surface area (Å²) in [5.74, 6) is -0.906. The predicted molar refractivity (Wildman–Crippen MR) is 116 cm³/mol. The van der Waals surface area contributed by atoms with Gasteiger partial charge in [0.05, 0.1) is 28.7 Å². The maximum atomic E-state index is 13.8. The minimum Gasteiger partial charge on any atom is -0.482 e. The number of para-hydroxylation sites is 1. The number of carbonyl (C=O) groups excluding carboxylic acids is 2. The third-order valence-electron chi connectivity index (χ3n) is 4.72. The van der Waals surface area contributed by atoms with Crippen molar-refractivity contribution < 1.29 is 23.5 Å². The van der Waals surface area contributed by atoms with Crippen molar-refractivity contribution >= 4 is 34.5 Å². The summed E-state index contributed by atoms with van der Waals surface area (Å²) in [5, 5.41) is 5.39. The van der Waals surface area contributed by atoms with Gasteiger partial charge in [0.25, 0.3) is 5.91 Å². The fourth-order valence-corrected chi connectivity index (χ4v) is 3.97. The van der Waals surface area contributed by atoms with Gasteiger partial charge in [-0.3, -0.25) is 14.5 Å². The monoisotopic (exact) mass is 441 g/mol. The normalized spacial score (nSPS) is 13.0. The number of benzene rings is 2.